The van der Waals surface area contributed by atoms with Crippen LogP contribution in [0.25, 0.3) is 10.6 Å². The molecular formula is C19H25N3OS. The number of hydrogen-bond donors (Lipinski definition) is 2. The van der Waals surface area contributed by atoms with Gasteiger partial charge in [-0.1, -0.05) is 31.2 Å². The van der Waals surface area contributed by atoms with Crippen molar-refractivity contribution in [1.29, 1.82) is 0 Å². The van der Waals surface area contributed by atoms with Crippen LogP contribution in [0.15, 0.2) is 29.6 Å². The van der Waals surface area contributed by atoms with Gasteiger partial charge in [-0.05, 0) is 37.7 Å². The number of nitrogens with one attached hydrogen (secondary N) is 1. The number of nitrogens with two attached hydrogens (primary N) is 1. The largest absolute Gasteiger partial charge is 0.349 e. The van der Waals surface area contributed by atoms with E-state index in [4.69, 9.17) is 5.73 Å². The number of thiazole rings is 1. The summed E-state index contributed by atoms with van der Waals surface area (Å²) in [5.41, 5.74) is 8.84. The second kappa shape index (κ2) is 7.03. The highest BCUT2D eigenvalue weighted by Crippen LogP contribution is 2.39. The lowest BCUT2D eigenvalue weighted by molar-refractivity contribution is -0.122. The number of benzene rings is 1. The molecule has 1 saturated carbocycles. The fraction of sp³-hybridized carbons (Fsp3) is 0.474. The minimum absolute atomic E-state index is 0.00744. The molecule has 1 aromatic carbocycles. The molecule has 3 N–H and O–H groups in total. The van der Waals surface area contributed by atoms with E-state index in [2.05, 4.69) is 41.5 Å². The first-order valence-electron chi connectivity index (χ1n) is 8.59. The van der Waals surface area contributed by atoms with E-state index in [9.17, 15) is 4.79 Å². The normalized spacial score (nSPS) is 16.6. The monoisotopic (exact) mass is 343 g/mol. The van der Waals surface area contributed by atoms with Gasteiger partial charge in [0.15, 0.2) is 0 Å². The van der Waals surface area contributed by atoms with Gasteiger partial charge in [0.1, 0.15) is 5.01 Å². The zero-order valence-electron chi connectivity index (χ0n) is 14.3. The number of hydrogen-bond acceptors (Lipinski definition) is 4. The maximum atomic E-state index is 12.3. The van der Waals surface area contributed by atoms with Crippen molar-refractivity contribution in [3.8, 4) is 10.6 Å². The highest BCUT2D eigenvalue weighted by atomic mass is 32.1. The number of rotatable bonds is 7. The molecule has 5 heteroatoms. The Kier molecular flexibility index (Phi) is 5.01. The number of nitrogens with zero attached hydrogens (tertiary/aromatic N) is 1. The summed E-state index contributed by atoms with van der Waals surface area (Å²) in [5, 5.41) is 6.05. The van der Waals surface area contributed by atoms with Gasteiger partial charge in [-0.3, -0.25) is 4.79 Å². The molecule has 1 heterocycles. The number of carbonyl (C=O) groups is 1. The van der Waals surface area contributed by atoms with Gasteiger partial charge >= 0.3 is 0 Å². The van der Waals surface area contributed by atoms with E-state index >= 15 is 0 Å². The van der Waals surface area contributed by atoms with Gasteiger partial charge in [0.25, 0.3) is 0 Å². The van der Waals surface area contributed by atoms with Crippen LogP contribution in [0.1, 0.15) is 37.9 Å². The first-order valence-corrected chi connectivity index (χ1v) is 9.47. The summed E-state index contributed by atoms with van der Waals surface area (Å²) in [6.45, 7) is 4.67. The molecule has 0 saturated heterocycles. The third-order valence-corrected chi connectivity index (χ3v) is 5.77. The van der Waals surface area contributed by atoms with Gasteiger partial charge in [0.05, 0.1) is 17.7 Å². The molecule has 0 bridgehead atoms. The van der Waals surface area contributed by atoms with Gasteiger partial charge in [-0.25, -0.2) is 4.98 Å². The maximum absolute atomic E-state index is 12.3. The van der Waals surface area contributed by atoms with E-state index < -0.39 is 0 Å². The van der Waals surface area contributed by atoms with Crippen molar-refractivity contribution in [2.24, 2.45) is 11.7 Å². The molecule has 1 fully saturated rings. The van der Waals surface area contributed by atoms with Crippen LogP contribution in [0.4, 0.5) is 0 Å². The molecule has 1 aliphatic carbocycles. The summed E-state index contributed by atoms with van der Waals surface area (Å²) in [5.74, 6) is 0.530. The Bertz CT molecular complexity index is 706. The van der Waals surface area contributed by atoms with Crippen LogP contribution in [0.5, 0.6) is 0 Å². The fourth-order valence-electron chi connectivity index (χ4n) is 2.97. The highest BCUT2D eigenvalue weighted by Gasteiger charge is 2.41. The van der Waals surface area contributed by atoms with E-state index in [1.165, 1.54) is 5.56 Å². The van der Waals surface area contributed by atoms with Crippen LogP contribution in [-0.4, -0.2) is 23.0 Å². The lowest BCUT2D eigenvalue weighted by Crippen LogP contribution is -2.53. The van der Waals surface area contributed by atoms with Gasteiger partial charge in [0.2, 0.25) is 5.91 Å². The highest BCUT2D eigenvalue weighted by molar-refractivity contribution is 7.13. The third-order valence-electron chi connectivity index (χ3n) is 4.83. The Morgan fingerprint density at radius 1 is 1.38 bits per heavy atom. The van der Waals surface area contributed by atoms with Crippen molar-refractivity contribution < 1.29 is 4.79 Å². The summed E-state index contributed by atoms with van der Waals surface area (Å²) in [7, 11) is 0. The SMILES string of the molecule is CCc1ccc(-c2nc(CC(=O)NC(C)(CN)C3CC3)cs2)cc1. The summed E-state index contributed by atoms with van der Waals surface area (Å²) < 4.78 is 0. The zero-order valence-corrected chi connectivity index (χ0v) is 15.2. The Morgan fingerprint density at radius 2 is 2.08 bits per heavy atom. The minimum atomic E-state index is -0.272. The van der Waals surface area contributed by atoms with Crippen LogP contribution in [-0.2, 0) is 17.6 Å². The van der Waals surface area contributed by atoms with E-state index in [-0.39, 0.29) is 11.4 Å². The molecule has 3 rings (SSSR count). The van der Waals surface area contributed by atoms with E-state index in [1.54, 1.807) is 11.3 Å². The predicted molar refractivity (Wildman–Crippen MR) is 99.0 cm³/mol. The van der Waals surface area contributed by atoms with Gasteiger partial charge < -0.3 is 11.1 Å². The number of aryl methyl sites for hydroxylation is 1. The Hall–Kier alpha value is -1.72. The standard InChI is InChI=1S/C19H25N3OS/c1-3-13-4-6-14(7-5-13)18-21-16(11-24-18)10-17(23)22-19(2,12-20)15-8-9-15/h4-7,11,15H,3,8-10,12,20H2,1-2H3,(H,22,23). The zero-order chi connectivity index (χ0) is 17.2. The van der Waals surface area contributed by atoms with Gasteiger partial charge in [-0.2, -0.15) is 0 Å². The lowest BCUT2D eigenvalue weighted by Gasteiger charge is -2.29. The molecule has 24 heavy (non-hydrogen) atoms. The molecule has 1 aliphatic rings. The van der Waals surface area contributed by atoms with Crippen LogP contribution >= 0.6 is 11.3 Å². The van der Waals surface area contributed by atoms with Crippen LogP contribution < -0.4 is 11.1 Å². The first kappa shape index (κ1) is 17.1. The lowest BCUT2D eigenvalue weighted by atomic mass is 9.95. The quantitative estimate of drug-likeness (QED) is 0.811. The topological polar surface area (TPSA) is 68.0 Å². The van der Waals surface area contributed by atoms with Crippen molar-refractivity contribution in [2.75, 3.05) is 6.54 Å². The first-order chi connectivity index (χ1) is 11.5. The van der Waals surface area contributed by atoms with Crippen molar-refractivity contribution in [2.45, 2.75) is 45.1 Å². The van der Waals surface area contributed by atoms with E-state index in [0.29, 0.717) is 18.9 Å². The molecule has 1 amide bonds. The summed E-state index contributed by atoms with van der Waals surface area (Å²) >= 11 is 1.58. The van der Waals surface area contributed by atoms with Crippen LogP contribution in [0.3, 0.4) is 0 Å². The Morgan fingerprint density at radius 3 is 2.67 bits per heavy atom. The summed E-state index contributed by atoms with van der Waals surface area (Å²) in [6.07, 6.45) is 3.65. The van der Waals surface area contributed by atoms with Crippen molar-refractivity contribution >= 4 is 17.2 Å². The Balaban J connectivity index is 1.63. The number of carbonyl (C=O) groups excluding carboxylic acids is 1. The second-order valence-electron chi connectivity index (χ2n) is 6.82. The number of amides is 1. The molecule has 1 unspecified atom stereocenters. The summed E-state index contributed by atoms with van der Waals surface area (Å²) in [4.78, 5) is 17.0. The van der Waals surface area contributed by atoms with Crippen molar-refractivity contribution in [3.63, 3.8) is 0 Å². The van der Waals surface area contributed by atoms with Gasteiger partial charge in [-0.15, -0.1) is 11.3 Å². The summed E-state index contributed by atoms with van der Waals surface area (Å²) in [6, 6.07) is 8.46. The van der Waals surface area contributed by atoms with E-state index in [0.717, 1.165) is 35.5 Å². The third kappa shape index (κ3) is 3.84. The second-order valence-corrected chi connectivity index (χ2v) is 7.67. The molecule has 1 atom stereocenters. The molecule has 2 aromatic rings. The Labute approximate surface area is 147 Å². The molecule has 0 radical (unpaired) electrons. The predicted octanol–water partition coefficient (Wildman–Crippen LogP) is 3.16. The van der Waals surface area contributed by atoms with Crippen LogP contribution in [0, 0.1) is 5.92 Å². The molecule has 0 spiro atoms. The number of aromatic nitrogens is 1. The van der Waals surface area contributed by atoms with Gasteiger partial charge in [0, 0.05) is 17.5 Å². The molecule has 4 nitrogen and oxygen atoms in total. The molecule has 128 valence electrons. The molecule has 0 aliphatic heterocycles. The molecule has 1 aromatic heterocycles. The smallest absolute Gasteiger partial charge is 0.226 e. The van der Waals surface area contributed by atoms with E-state index in [1.807, 2.05) is 12.3 Å². The minimum Gasteiger partial charge on any atom is -0.349 e. The average molecular weight is 343 g/mol. The fourth-order valence-corrected chi connectivity index (χ4v) is 3.80. The maximum Gasteiger partial charge on any atom is 0.226 e. The van der Waals surface area contributed by atoms with Crippen molar-refractivity contribution in [1.82, 2.24) is 10.3 Å². The van der Waals surface area contributed by atoms with Crippen molar-refractivity contribution in [3.05, 3.63) is 40.9 Å². The molecular weight excluding hydrogens is 318 g/mol. The van der Waals surface area contributed by atoms with Crippen LogP contribution in [0.2, 0.25) is 0 Å². The average Bonchev–Trinajstić information content (AvgIpc) is 3.36.